The normalized spacial score (nSPS) is 13.4. The summed E-state index contributed by atoms with van der Waals surface area (Å²) in [6, 6.07) is 40.8. The summed E-state index contributed by atoms with van der Waals surface area (Å²) in [7, 11) is 0. The highest BCUT2D eigenvalue weighted by Gasteiger charge is 2.39. The minimum absolute atomic E-state index is 0.0697. The molecule has 0 saturated carbocycles. The molecule has 0 aliphatic heterocycles. The van der Waals surface area contributed by atoms with Crippen LogP contribution in [0.3, 0.4) is 0 Å². The highest BCUT2D eigenvalue weighted by Crippen LogP contribution is 2.43. The van der Waals surface area contributed by atoms with Gasteiger partial charge in [-0.1, -0.05) is 78.9 Å². The van der Waals surface area contributed by atoms with E-state index in [1.54, 1.807) is 11.3 Å². The summed E-state index contributed by atoms with van der Waals surface area (Å²) in [4.78, 5) is 30.0. The number of hydrogen-bond donors (Lipinski definition) is 0. The highest BCUT2D eigenvalue weighted by atomic mass is 32.1. The number of benzene rings is 5. The van der Waals surface area contributed by atoms with E-state index in [1.807, 2.05) is 54.6 Å². The average Bonchev–Trinajstić information content (AvgIpc) is 3.51. The molecular weight excluding hydrogens is 486 g/mol. The first-order valence-corrected chi connectivity index (χ1v) is 13.5. The van der Waals surface area contributed by atoms with E-state index in [4.69, 9.17) is 0 Å². The number of fused-ring (bicyclic) bond motifs is 3. The summed E-state index contributed by atoms with van der Waals surface area (Å²) in [5, 5.41) is 5.36. The van der Waals surface area contributed by atoms with Crippen LogP contribution in [-0.2, 0) is 6.42 Å². The first-order valence-electron chi connectivity index (χ1n) is 12.7. The standard InChI is InChI=1S/C34H23NO2S/c36-33-28-19-23-10-4-5-11-24(23)20-29(28)34(37)30(33)21-26-17-18-32(38-26)35(25-13-2-1-3-14-25)31-16-8-12-22-9-6-7-15-27(22)31/h1-20,30H,21H2. The van der Waals surface area contributed by atoms with Crippen molar-refractivity contribution < 1.29 is 9.59 Å². The number of hydrogen-bond acceptors (Lipinski definition) is 4. The van der Waals surface area contributed by atoms with Crippen molar-refractivity contribution in [1.82, 2.24) is 0 Å². The van der Waals surface area contributed by atoms with Crippen molar-refractivity contribution in [1.29, 1.82) is 0 Å². The molecular formula is C34H23NO2S. The number of nitrogens with zero attached hydrogens (tertiary/aromatic N) is 1. The van der Waals surface area contributed by atoms with Gasteiger partial charge in [-0.3, -0.25) is 9.59 Å². The lowest BCUT2D eigenvalue weighted by atomic mass is 9.99. The van der Waals surface area contributed by atoms with Gasteiger partial charge in [-0.15, -0.1) is 11.3 Å². The lowest BCUT2D eigenvalue weighted by Gasteiger charge is -2.25. The van der Waals surface area contributed by atoms with Gasteiger partial charge in [0.2, 0.25) is 0 Å². The molecule has 6 aromatic rings. The molecule has 0 fully saturated rings. The predicted molar refractivity (Wildman–Crippen MR) is 156 cm³/mol. The molecule has 7 rings (SSSR count). The molecule has 3 nitrogen and oxygen atoms in total. The average molecular weight is 510 g/mol. The quantitative estimate of drug-likeness (QED) is 0.218. The molecule has 0 unspecified atom stereocenters. The van der Waals surface area contributed by atoms with E-state index in [2.05, 4.69) is 71.6 Å². The van der Waals surface area contributed by atoms with Crippen LogP contribution in [0.2, 0.25) is 0 Å². The van der Waals surface area contributed by atoms with Crippen molar-refractivity contribution in [2.45, 2.75) is 6.42 Å². The number of para-hydroxylation sites is 1. The van der Waals surface area contributed by atoms with E-state index >= 15 is 0 Å². The zero-order valence-corrected chi connectivity index (χ0v) is 21.3. The summed E-state index contributed by atoms with van der Waals surface area (Å²) in [5.41, 5.74) is 3.26. The monoisotopic (exact) mass is 509 g/mol. The fraction of sp³-hybridized carbons (Fsp3) is 0.0588. The third kappa shape index (κ3) is 3.73. The Hall–Kier alpha value is -4.54. The topological polar surface area (TPSA) is 37.4 Å². The van der Waals surface area contributed by atoms with E-state index in [9.17, 15) is 9.59 Å². The molecule has 1 aliphatic rings. The number of anilines is 3. The Morgan fingerprint density at radius 3 is 1.92 bits per heavy atom. The van der Waals surface area contributed by atoms with Gasteiger partial charge in [-0.05, 0) is 65.0 Å². The van der Waals surface area contributed by atoms with Crippen LogP contribution >= 0.6 is 11.3 Å². The third-order valence-electron chi connectivity index (χ3n) is 7.34. The van der Waals surface area contributed by atoms with Crippen molar-refractivity contribution in [3.05, 3.63) is 137 Å². The van der Waals surface area contributed by atoms with Gasteiger partial charge in [0.25, 0.3) is 0 Å². The second-order valence-corrected chi connectivity index (χ2v) is 10.8. The summed E-state index contributed by atoms with van der Waals surface area (Å²) in [5.74, 6) is -0.810. The van der Waals surface area contributed by atoms with E-state index in [0.717, 1.165) is 37.4 Å². The predicted octanol–water partition coefficient (Wildman–Crippen LogP) is 8.76. The van der Waals surface area contributed by atoms with Crippen molar-refractivity contribution in [2.24, 2.45) is 5.92 Å². The molecule has 1 aromatic heterocycles. The van der Waals surface area contributed by atoms with Gasteiger partial charge in [0.05, 0.1) is 11.6 Å². The number of thiophene rings is 1. The van der Waals surface area contributed by atoms with Crippen LogP contribution in [-0.4, -0.2) is 11.6 Å². The van der Waals surface area contributed by atoms with Crippen LogP contribution < -0.4 is 4.90 Å². The Kier molecular flexibility index (Phi) is 5.41. The number of Topliss-reactive ketones (excluding diaryl/α,β-unsaturated/α-hetero) is 2. The van der Waals surface area contributed by atoms with Gasteiger partial charge in [0.15, 0.2) is 11.6 Å². The van der Waals surface area contributed by atoms with E-state index in [0.29, 0.717) is 17.5 Å². The van der Waals surface area contributed by atoms with Crippen LogP contribution in [0.4, 0.5) is 16.4 Å². The van der Waals surface area contributed by atoms with Crippen LogP contribution in [0.5, 0.6) is 0 Å². The summed E-state index contributed by atoms with van der Waals surface area (Å²) >= 11 is 1.63. The molecule has 5 aromatic carbocycles. The van der Waals surface area contributed by atoms with Crippen LogP contribution in [0, 0.1) is 5.92 Å². The largest absolute Gasteiger partial charge is 0.301 e. The Balaban J connectivity index is 1.25. The van der Waals surface area contributed by atoms with Crippen LogP contribution in [0.25, 0.3) is 21.5 Å². The van der Waals surface area contributed by atoms with Gasteiger partial charge in [0.1, 0.15) is 5.00 Å². The number of carbonyl (C=O) groups excluding carboxylic acids is 2. The molecule has 38 heavy (non-hydrogen) atoms. The van der Waals surface area contributed by atoms with Crippen molar-refractivity contribution >= 4 is 60.8 Å². The molecule has 182 valence electrons. The number of rotatable bonds is 5. The highest BCUT2D eigenvalue weighted by molar-refractivity contribution is 7.16. The molecule has 0 radical (unpaired) electrons. The smallest absolute Gasteiger partial charge is 0.174 e. The molecule has 0 atom stereocenters. The molecule has 1 aliphatic carbocycles. The number of carbonyl (C=O) groups is 2. The molecule has 0 saturated heterocycles. The Morgan fingerprint density at radius 2 is 1.21 bits per heavy atom. The SMILES string of the molecule is O=C1c2cc3ccccc3cc2C(=O)C1Cc1ccc(N(c2ccccc2)c2cccc3ccccc23)s1. The molecule has 0 spiro atoms. The second-order valence-electron chi connectivity index (χ2n) is 9.64. The lowest BCUT2D eigenvalue weighted by Crippen LogP contribution is -2.17. The third-order valence-corrected chi connectivity index (χ3v) is 8.44. The maximum absolute atomic E-state index is 13.4. The minimum Gasteiger partial charge on any atom is -0.301 e. The minimum atomic E-state index is -0.670. The zero-order chi connectivity index (χ0) is 25.6. The van der Waals surface area contributed by atoms with Gasteiger partial charge < -0.3 is 4.90 Å². The van der Waals surface area contributed by atoms with Crippen LogP contribution in [0.15, 0.2) is 121 Å². The van der Waals surface area contributed by atoms with Crippen molar-refractivity contribution in [2.75, 3.05) is 4.90 Å². The lowest BCUT2D eigenvalue weighted by molar-refractivity contribution is 0.0839. The first-order chi connectivity index (χ1) is 18.7. The van der Waals surface area contributed by atoms with Crippen LogP contribution in [0.1, 0.15) is 25.6 Å². The summed E-state index contributed by atoms with van der Waals surface area (Å²) in [6.07, 6.45) is 0.408. The maximum atomic E-state index is 13.4. The fourth-order valence-electron chi connectivity index (χ4n) is 5.49. The van der Waals surface area contributed by atoms with E-state index < -0.39 is 5.92 Å². The first kappa shape index (κ1) is 22.6. The molecule has 1 heterocycles. The number of ketones is 2. The van der Waals surface area contributed by atoms with Gasteiger partial charge >= 0.3 is 0 Å². The second kappa shape index (κ2) is 9.09. The Morgan fingerprint density at radius 1 is 0.605 bits per heavy atom. The van der Waals surface area contributed by atoms with E-state index in [1.165, 1.54) is 5.39 Å². The fourth-order valence-corrected chi connectivity index (χ4v) is 6.58. The van der Waals surface area contributed by atoms with Gasteiger partial charge in [-0.2, -0.15) is 0 Å². The summed E-state index contributed by atoms with van der Waals surface area (Å²) in [6.45, 7) is 0. The van der Waals surface area contributed by atoms with Crippen molar-refractivity contribution in [3.8, 4) is 0 Å². The Bertz CT molecular complexity index is 1790. The summed E-state index contributed by atoms with van der Waals surface area (Å²) < 4.78 is 0. The molecule has 0 amide bonds. The molecule has 0 N–H and O–H groups in total. The molecule has 4 heteroatoms. The van der Waals surface area contributed by atoms with Gasteiger partial charge in [0, 0.05) is 27.1 Å². The van der Waals surface area contributed by atoms with Crippen molar-refractivity contribution in [3.63, 3.8) is 0 Å². The zero-order valence-electron chi connectivity index (χ0n) is 20.5. The molecule has 0 bridgehead atoms. The van der Waals surface area contributed by atoms with E-state index in [-0.39, 0.29) is 11.6 Å². The Labute approximate surface area is 224 Å². The van der Waals surface area contributed by atoms with Gasteiger partial charge in [-0.25, -0.2) is 0 Å². The maximum Gasteiger partial charge on any atom is 0.174 e.